The van der Waals surface area contributed by atoms with E-state index in [9.17, 15) is 4.79 Å². The Kier molecular flexibility index (Phi) is 5.55. The number of carbonyl (C=O) groups excluding carboxylic acids is 1. The Labute approximate surface area is 165 Å². The molecule has 0 saturated carbocycles. The van der Waals surface area contributed by atoms with E-state index in [1.807, 2.05) is 17.0 Å². The summed E-state index contributed by atoms with van der Waals surface area (Å²) < 4.78 is 5.32. The van der Waals surface area contributed by atoms with Crippen molar-refractivity contribution in [3.05, 3.63) is 95.4 Å². The van der Waals surface area contributed by atoms with Gasteiger partial charge in [-0.25, -0.2) is 0 Å². The monoisotopic (exact) mass is 375 g/mol. The van der Waals surface area contributed by atoms with E-state index in [2.05, 4.69) is 53.4 Å². The van der Waals surface area contributed by atoms with Crippen LogP contribution in [0.5, 0.6) is 0 Å². The van der Waals surface area contributed by atoms with Gasteiger partial charge < -0.3 is 15.1 Å². The zero-order valence-corrected chi connectivity index (χ0v) is 15.8. The second-order valence-corrected chi connectivity index (χ2v) is 7.06. The van der Waals surface area contributed by atoms with Crippen LogP contribution >= 0.6 is 0 Å². The van der Waals surface area contributed by atoms with Crippen molar-refractivity contribution < 1.29 is 9.21 Å². The maximum absolute atomic E-state index is 12.8. The number of piperazine rings is 1. The van der Waals surface area contributed by atoms with Crippen LogP contribution in [0.1, 0.15) is 33.3 Å². The molecule has 1 fully saturated rings. The molecule has 0 unspecified atom stereocenters. The lowest BCUT2D eigenvalue weighted by molar-refractivity contribution is 0.0596. The number of amides is 1. The Morgan fingerprint density at radius 2 is 1.50 bits per heavy atom. The fraction of sp³-hybridized carbons (Fsp3) is 0.261. The lowest BCUT2D eigenvalue weighted by Crippen LogP contribution is -2.49. The molecular weight excluding hydrogens is 350 g/mol. The second kappa shape index (κ2) is 8.42. The molecule has 1 aliphatic rings. The van der Waals surface area contributed by atoms with E-state index in [1.165, 1.54) is 17.4 Å². The first kappa shape index (κ1) is 18.5. The minimum absolute atomic E-state index is 0.0130. The van der Waals surface area contributed by atoms with Crippen LogP contribution in [0.4, 0.5) is 0 Å². The first-order chi connectivity index (χ1) is 13.8. The van der Waals surface area contributed by atoms with Gasteiger partial charge in [-0.05, 0) is 17.2 Å². The summed E-state index contributed by atoms with van der Waals surface area (Å²) in [6.07, 6.45) is 1.51. The molecule has 4 rings (SSSR count). The van der Waals surface area contributed by atoms with Crippen LogP contribution in [-0.4, -0.2) is 41.9 Å². The van der Waals surface area contributed by atoms with E-state index in [1.54, 1.807) is 6.07 Å². The largest absolute Gasteiger partial charge is 0.467 e. The summed E-state index contributed by atoms with van der Waals surface area (Å²) in [5, 5.41) is 0. The Hall–Kier alpha value is -2.89. The molecule has 5 nitrogen and oxygen atoms in total. The average Bonchev–Trinajstić information content (AvgIpc) is 3.25. The highest BCUT2D eigenvalue weighted by atomic mass is 16.3. The SMILES string of the molecule is NCc1cc(C(=O)N2CCN(C(c3ccccc3)c3ccccc3)CC2)co1. The van der Waals surface area contributed by atoms with E-state index < -0.39 is 0 Å². The highest BCUT2D eigenvalue weighted by Gasteiger charge is 2.28. The molecule has 0 spiro atoms. The van der Waals surface area contributed by atoms with Crippen LogP contribution in [-0.2, 0) is 6.54 Å². The quantitative estimate of drug-likeness (QED) is 0.743. The van der Waals surface area contributed by atoms with E-state index in [0.717, 1.165) is 13.1 Å². The summed E-state index contributed by atoms with van der Waals surface area (Å²) >= 11 is 0. The van der Waals surface area contributed by atoms with Gasteiger partial charge in [0.1, 0.15) is 12.0 Å². The molecule has 1 aliphatic heterocycles. The fourth-order valence-electron chi connectivity index (χ4n) is 3.85. The van der Waals surface area contributed by atoms with Crippen molar-refractivity contribution in [1.29, 1.82) is 0 Å². The van der Waals surface area contributed by atoms with Gasteiger partial charge in [-0.15, -0.1) is 0 Å². The number of rotatable bonds is 5. The molecule has 3 aromatic rings. The zero-order chi connectivity index (χ0) is 19.3. The van der Waals surface area contributed by atoms with E-state index >= 15 is 0 Å². The smallest absolute Gasteiger partial charge is 0.257 e. The number of nitrogens with two attached hydrogens (primary N) is 1. The number of carbonyl (C=O) groups is 1. The Morgan fingerprint density at radius 1 is 0.929 bits per heavy atom. The molecule has 2 heterocycles. The van der Waals surface area contributed by atoms with Crippen molar-refractivity contribution in [2.75, 3.05) is 26.2 Å². The lowest BCUT2D eigenvalue weighted by Gasteiger charge is -2.39. The van der Waals surface area contributed by atoms with Gasteiger partial charge >= 0.3 is 0 Å². The minimum Gasteiger partial charge on any atom is -0.467 e. The topological polar surface area (TPSA) is 62.7 Å². The highest BCUT2D eigenvalue weighted by Crippen LogP contribution is 2.29. The molecule has 1 saturated heterocycles. The molecule has 0 aliphatic carbocycles. The third-order valence-corrected chi connectivity index (χ3v) is 5.30. The van der Waals surface area contributed by atoms with Crippen molar-refractivity contribution in [2.24, 2.45) is 5.73 Å². The number of hydrogen-bond acceptors (Lipinski definition) is 4. The Balaban J connectivity index is 1.49. The van der Waals surface area contributed by atoms with E-state index in [-0.39, 0.29) is 11.9 Å². The molecule has 0 bridgehead atoms. The molecular formula is C23H25N3O2. The highest BCUT2D eigenvalue weighted by molar-refractivity contribution is 5.94. The standard InChI is InChI=1S/C23H25N3O2/c24-16-21-15-20(17-28-21)23(27)26-13-11-25(12-14-26)22(18-7-3-1-4-8-18)19-9-5-2-6-10-19/h1-10,15,17,22H,11-14,16,24H2. The van der Waals surface area contributed by atoms with Gasteiger partial charge in [0.25, 0.3) is 5.91 Å². The number of benzene rings is 2. The van der Waals surface area contributed by atoms with Gasteiger partial charge in [-0.3, -0.25) is 9.69 Å². The van der Waals surface area contributed by atoms with E-state index in [0.29, 0.717) is 31.0 Å². The Bertz CT molecular complexity index is 860. The van der Waals surface area contributed by atoms with Gasteiger partial charge in [0.2, 0.25) is 0 Å². The van der Waals surface area contributed by atoms with Gasteiger partial charge in [-0.2, -0.15) is 0 Å². The maximum Gasteiger partial charge on any atom is 0.257 e. The van der Waals surface area contributed by atoms with Crippen molar-refractivity contribution in [1.82, 2.24) is 9.80 Å². The fourth-order valence-corrected chi connectivity index (χ4v) is 3.85. The number of furan rings is 1. The molecule has 144 valence electrons. The van der Waals surface area contributed by atoms with Gasteiger partial charge in [0.05, 0.1) is 18.2 Å². The first-order valence-electron chi connectivity index (χ1n) is 9.67. The molecule has 2 aromatic carbocycles. The summed E-state index contributed by atoms with van der Waals surface area (Å²) in [7, 11) is 0. The predicted octanol–water partition coefficient (Wildman–Crippen LogP) is 3.29. The number of nitrogens with zero attached hydrogens (tertiary/aromatic N) is 2. The van der Waals surface area contributed by atoms with Crippen LogP contribution in [0, 0.1) is 0 Å². The Morgan fingerprint density at radius 3 is 2.00 bits per heavy atom. The van der Waals surface area contributed by atoms with Crippen molar-refractivity contribution in [3.8, 4) is 0 Å². The number of hydrogen-bond donors (Lipinski definition) is 1. The van der Waals surface area contributed by atoms with Crippen molar-refractivity contribution in [3.63, 3.8) is 0 Å². The summed E-state index contributed by atoms with van der Waals surface area (Å²) in [4.78, 5) is 17.1. The molecule has 2 N–H and O–H groups in total. The maximum atomic E-state index is 12.8. The summed E-state index contributed by atoms with van der Waals surface area (Å²) in [6.45, 7) is 3.33. The van der Waals surface area contributed by atoms with Crippen LogP contribution in [0.25, 0.3) is 0 Å². The summed E-state index contributed by atoms with van der Waals surface area (Å²) in [6, 6.07) is 23.1. The van der Waals surface area contributed by atoms with Crippen molar-refractivity contribution >= 4 is 5.91 Å². The molecule has 0 atom stereocenters. The van der Waals surface area contributed by atoms with Crippen LogP contribution in [0.2, 0.25) is 0 Å². The summed E-state index contributed by atoms with van der Waals surface area (Å²) in [5.74, 6) is 0.647. The third-order valence-electron chi connectivity index (χ3n) is 5.30. The van der Waals surface area contributed by atoms with E-state index in [4.69, 9.17) is 10.2 Å². The van der Waals surface area contributed by atoms with Crippen LogP contribution in [0.3, 0.4) is 0 Å². The van der Waals surface area contributed by atoms with Crippen molar-refractivity contribution in [2.45, 2.75) is 12.6 Å². The summed E-state index contributed by atoms with van der Waals surface area (Å²) in [5.41, 5.74) is 8.71. The van der Waals surface area contributed by atoms with Crippen LogP contribution < -0.4 is 5.73 Å². The van der Waals surface area contributed by atoms with Gasteiger partial charge in [0, 0.05) is 26.2 Å². The van der Waals surface area contributed by atoms with Gasteiger partial charge in [-0.1, -0.05) is 60.7 Å². The minimum atomic E-state index is 0.0130. The molecule has 0 radical (unpaired) electrons. The molecule has 28 heavy (non-hydrogen) atoms. The third kappa shape index (κ3) is 3.86. The molecule has 1 amide bonds. The molecule has 5 heteroatoms. The average molecular weight is 375 g/mol. The lowest BCUT2D eigenvalue weighted by atomic mass is 9.96. The van der Waals surface area contributed by atoms with Crippen LogP contribution in [0.15, 0.2) is 77.4 Å². The normalized spacial score (nSPS) is 15.1. The molecule has 1 aromatic heterocycles. The first-order valence-corrected chi connectivity index (χ1v) is 9.67. The van der Waals surface area contributed by atoms with Gasteiger partial charge in [0.15, 0.2) is 0 Å². The zero-order valence-electron chi connectivity index (χ0n) is 15.8. The predicted molar refractivity (Wildman–Crippen MR) is 109 cm³/mol. The second-order valence-electron chi connectivity index (χ2n) is 7.06.